The number of rotatable bonds is 3. The molecule has 1 nitrogen and oxygen atoms in total. The van der Waals surface area contributed by atoms with E-state index in [1.165, 1.54) is 16.1 Å². The predicted molar refractivity (Wildman–Crippen MR) is 84.0 cm³/mol. The highest BCUT2D eigenvalue weighted by atomic mass is 28.3. The maximum Gasteiger partial charge on any atom is 0.112 e. The van der Waals surface area contributed by atoms with E-state index in [-0.39, 0.29) is 0 Å². The molecule has 0 aliphatic rings. The third kappa shape index (κ3) is 2.49. The fourth-order valence-electron chi connectivity index (χ4n) is 2.20. The number of nitrogens with zero attached hydrogens (tertiary/aromatic N) is 1. The minimum atomic E-state index is -1.53. The lowest BCUT2D eigenvalue weighted by Crippen LogP contribution is -2.52. The molecule has 18 heavy (non-hydrogen) atoms. The Morgan fingerprint density at radius 1 is 0.722 bits per heavy atom. The first-order valence-electron chi connectivity index (χ1n) is 6.35. The average molecular weight is 255 g/mol. The smallest absolute Gasteiger partial charge is 0.112 e. The van der Waals surface area contributed by atoms with Gasteiger partial charge in [-0.25, -0.2) is 0 Å². The van der Waals surface area contributed by atoms with Crippen LogP contribution in [0.4, 0.5) is 5.69 Å². The van der Waals surface area contributed by atoms with Crippen molar-refractivity contribution in [2.24, 2.45) is 0 Å². The number of hydrogen-bond acceptors (Lipinski definition) is 1. The van der Waals surface area contributed by atoms with Gasteiger partial charge in [0.05, 0.1) is 0 Å². The average Bonchev–Trinajstić information content (AvgIpc) is 2.40. The summed E-state index contributed by atoms with van der Waals surface area (Å²) in [6.45, 7) is 4.82. The van der Waals surface area contributed by atoms with Gasteiger partial charge < -0.3 is 4.90 Å². The standard InChI is InChI=1S/C16H21NSi/c1-17(2)14-10-12-16(13-11-14)18(3,4)15-8-6-5-7-9-15/h5-13H,1-4H3. The Balaban J connectivity index is 2.36. The minimum Gasteiger partial charge on any atom is -0.378 e. The van der Waals surface area contributed by atoms with E-state index in [0.717, 1.165) is 0 Å². The quantitative estimate of drug-likeness (QED) is 0.762. The van der Waals surface area contributed by atoms with Crippen LogP contribution in [0.1, 0.15) is 0 Å². The van der Waals surface area contributed by atoms with E-state index in [1.54, 1.807) is 0 Å². The first kappa shape index (κ1) is 12.9. The molecule has 2 rings (SSSR count). The molecule has 0 amide bonds. The van der Waals surface area contributed by atoms with Crippen LogP contribution in [0.2, 0.25) is 13.1 Å². The second-order valence-electron chi connectivity index (χ2n) is 5.43. The molecule has 0 heterocycles. The molecule has 0 aliphatic heterocycles. The monoisotopic (exact) mass is 255 g/mol. The Kier molecular flexibility index (Phi) is 3.57. The molecule has 94 valence electrons. The van der Waals surface area contributed by atoms with E-state index in [4.69, 9.17) is 0 Å². The largest absolute Gasteiger partial charge is 0.378 e. The highest BCUT2D eigenvalue weighted by Gasteiger charge is 2.25. The minimum absolute atomic E-state index is 1.26. The Labute approximate surface area is 111 Å². The summed E-state index contributed by atoms with van der Waals surface area (Å²) in [5.41, 5.74) is 1.26. The Bertz CT molecular complexity index is 500. The number of hydrogen-bond donors (Lipinski definition) is 0. The van der Waals surface area contributed by atoms with E-state index < -0.39 is 8.07 Å². The van der Waals surface area contributed by atoms with Gasteiger partial charge in [-0.15, -0.1) is 0 Å². The van der Waals surface area contributed by atoms with Gasteiger partial charge in [0.2, 0.25) is 0 Å². The van der Waals surface area contributed by atoms with Crippen molar-refractivity contribution < 1.29 is 0 Å². The van der Waals surface area contributed by atoms with Crippen molar-refractivity contribution in [1.29, 1.82) is 0 Å². The maximum atomic E-state index is 2.41. The van der Waals surface area contributed by atoms with Gasteiger partial charge in [0.15, 0.2) is 0 Å². The van der Waals surface area contributed by atoms with Crippen molar-refractivity contribution >= 4 is 24.1 Å². The maximum absolute atomic E-state index is 2.41. The predicted octanol–water partition coefficient (Wildman–Crippen LogP) is 2.58. The second kappa shape index (κ2) is 4.98. The molecule has 2 heteroatoms. The van der Waals surface area contributed by atoms with E-state index in [0.29, 0.717) is 0 Å². The second-order valence-corrected chi connectivity index (χ2v) is 9.84. The van der Waals surface area contributed by atoms with Crippen LogP contribution >= 0.6 is 0 Å². The normalized spacial score (nSPS) is 11.3. The molecular weight excluding hydrogens is 234 g/mol. The molecule has 2 aromatic rings. The van der Waals surface area contributed by atoms with E-state index in [2.05, 4.69) is 86.7 Å². The zero-order valence-electron chi connectivity index (χ0n) is 11.6. The van der Waals surface area contributed by atoms with Crippen LogP contribution in [0.15, 0.2) is 54.6 Å². The van der Waals surface area contributed by atoms with Crippen LogP contribution in [0.3, 0.4) is 0 Å². The zero-order chi connectivity index (χ0) is 13.2. The SMILES string of the molecule is CN(C)c1ccc([Si](C)(C)c2ccccc2)cc1. The van der Waals surface area contributed by atoms with Crippen LogP contribution < -0.4 is 15.3 Å². The molecule has 0 aliphatic carbocycles. The summed E-state index contributed by atoms with van der Waals surface area (Å²) in [7, 11) is 2.62. The third-order valence-electron chi connectivity index (χ3n) is 3.60. The van der Waals surface area contributed by atoms with Crippen LogP contribution in [-0.2, 0) is 0 Å². The van der Waals surface area contributed by atoms with E-state index in [9.17, 15) is 0 Å². The van der Waals surface area contributed by atoms with Crippen LogP contribution in [0, 0.1) is 0 Å². The lowest BCUT2D eigenvalue weighted by Gasteiger charge is -2.24. The van der Waals surface area contributed by atoms with E-state index in [1.807, 2.05) is 0 Å². The summed E-state index contributed by atoms with van der Waals surface area (Å²) in [6, 6.07) is 19.9. The van der Waals surface area contributed by atoms with Gasteiger partial charge in [-0.2, -0.15) is 0 Å². The van der Waals surface area contributed by atoms with Gasteiger partial charge in [0.25, 0.3) is 0 Å². The molecule has 0 spiro atoms. The third-order valence-corrected chi connectivity index (χ3v) is 7.15. The number of benzene rings is 2. The van der Waals surface area contributed by atoms with Crippen molar-refractivity contribution in [1.82, 2.24) is 0 Å². The molecule has 2 aromatic carbocycles. The summed E-state index contributed by atoms with van der Waals surface area (Å²) in [5, 5.41) is 2.97. The molecule has 0 radical (unpaired) electrons. The summed E-state index contributed by atoms with van der Waals surface area (Å²) in [4.78, 5) is 2.14. The first-order chi connectivity index (χ1) is 8.51. The lowest BCUT2D eigenvalue weighted by atomic mass is 10.3. The van der Waals surface area contributed by atoms with Gasteiger partial charge in [-0.05, 0) is 12.1 Å². The molecule has 0 saturated carbocycles. The topological polar surface area (TPSA) is 3.24 Å². The van der Waals surface area contributed by atoms with E-state index >= 15 is 0 Å². The molecule has 0 unspecified atom stereocenters. The molecule has 0 fully saturated rings. The lowest BCUT2D eigenvalue weighted by molar-refractivity contribution is 1.13. The molecule has 0 aromatic heterocycles. The Morgan fingerprint density at radius 3 is 1.72 bits per heavy atom. The van der Waals surface area contributed by atoms with Crippen molar-refractivity contribution in [2.45, 2.75) is 13.1 Å². The van der Waals surface area contributed by atoms with Crippen molar-refractivity contribution in [3.63, 3.8) is 0 Å². The molecule has 0 atom stereocenters. The van der Waals surface area contributed by atoms with Crippen molar-refractivity contribution in [3.8, 4) is 0 Å². The Morgan fingerprint density at radius 2 is 1.22 bits per heavy atom. The van der Waals surface area contributed by atoms with Crippen LogP contribution in [-0.4, -0.2) is 22.2 Å². The van der Waals surface area contributed by atoms with Gasteiger partial charge in [-0.1, -0.05) is 65.9 Å². The van der Waals surface area contributed by atoms with Gasteiger partial charge in [0.1, 0.15) is 8.07 Å². The molecule has 0 N–H and O–H groups in total. The Hall–Kier alpha value is -1.54. The summed E-state index contributed by atoms with van der Waals surface area (Å²) < 4.78 is 0. The fourth-order valence-corrected chi connectivity index (χ4v) is 4.56. The van der Waals surface area contributed by atoms with Crippen molar-refractivity contribution in [3.05, 3.63) is 54.6 Å². The van der Waals surface area contributed by atoms with Crippen LogP contribution in [0.25, 0.3) is 0 Å². The molecule has 0 bridgehead atoms. The van der Waals surface area contributed by atoms with Gasteiger partial charge in [0, 0.05) is 19.8 Å². The van der Waals surface area contributed by atoms with Crippen molar-refractivity contribution in [2.75, 3.05) is 19.0 Å². The summed E-state index contributed by atoms with van der Waals surface area (Å²) in [6.07, 6.45) is 0. The molecule has 0 saturated heterocycles. The molecular formula is C16H21NSi. The number of anilines is 1. The fraction of sp³-hybridized carbons (Fsp3) is 0.250. The van der Waals surface area contributed by atoms with Gasteiger partial charge in [-0.3, -0.25) is 0 Å². The highest BCUT2D eigenvalue weighted by molar-refractivity contribution is 7.00. The highest BCUT2D eigenvalue weighted by Crippen LogP contribution is 2.11. The zero-order valence-corrected chi connectivity index (χ0v) is 12.6. The summed E-state index contributed by atoms with van der Waals surface area (Å²) >= 11 is 0. The summed E-state index contributed by atoms with van der Waals surface area (Å²) in [5.74, 6) is 0. The van der Waals surface area contributed by atoms with Crippen LogP contribution in [0.5, 0.6) is 0 Å². The first-order valence-corrected chi connectivity index (χ1v) is 9.35. The van der Waals surface area contributed by atoms with Gasteiger partial charge >= 0.3 is 0 Å².